The highest BCUT2D eigenvalue weighted by Gasteiger charge is 2.42. The van der Waals surface area contributed by atoms with E-state index in [-0.39, 0.29) is 24.5 Å². The molecule has 0 radical (unpaired) electrons. The number of nitrogens with zero attached hydrogens (tertiary/aromatic N) is 4. The van der Waals surface area contributed by atoms with Crippen molar-refractivity contribution in [3.05, 3.63) is 95.4 Å². The second-order valence-corrected chi connectivity index (χ2v) is 8.86. The molecule has 0 bridgehead atoms. The van der Waals surface area contributed by atoms with Gasteiger partial charge < -0.3 is 19.7 Å². The molecule has 34 heavy (non-hydrogen) atoms. The minimum atomic E-state index is -0.260. The van der Waals surface area contributed by atoms with E-state index in [1.54, 1.807) is 12.4 Å². The van der Waals surface area contributed by atoms with Crippen molar-refractivity contribution in [3.8, 4) is 0 Å². The lowest BCUT2D eigenvalue weighted by atomic mass is 9.96. The number of carbonyl (C=O) groups is 2. The lowest BCUT2D eigenvalue weighted by Gasteiger charge is -2.46. The SMILES string of the molecule is CN1c2ccccc2C(=O)N2CCc3c(n(CC(=O)NCc4cccnc4)c4ccccc34)C21. The molecule has 1 N–H and O–H groups in total. The summed E-state index contributed by atoms with van der Waals surface area (Å²) >= 11 is 0. The molecular formula is C27H25N5O2. The summed E-state index contributed by atoms with van der Waals surface area (Å²) in [5, 5.41) is 4.17. The van der Waals surface area contributed by atoms with Gasteiger partial charge in [0.1, 0.15) is 12.7 Å². The van der Waals surface area contributed by atoms with Crippen LogP contribution in [-0.4, -0.2) is 39.9 Å². The molecule has 0 aliphatic carbocycles. The highest BCUT2D eigenvalue weighted by Crippen LogP contribution is 2.44. The summed E-state index contributed by atoms with van der Waals surface area (Å²) in [6.45, 7) is 1.26. The zero-order valence-corrected chi connectivity index (χ0v) is 18.9. The van der Waals surface area contributed by atoms with Gasteiger partial charge in [-0.3, -0.25) is 14.6 Å². The van der Waals surface area contributed by atoms with Gasteiger partial charge in [-0.1, -0.05) is 36.4 Å². The number of rotatable bonds is 4. The maximum Gasteiger partial charge on any atom is 0.257 e. The Morgan fingerprint density at radius 1 is 1.09 bits per heavy atom. The number of hydrogen-bond donors (Lipinski definition) is 1. The van der Waals surface area contributed by atoms with Crippen molar-refractivity contribution in [2.45, 2.75) is 25.7 Å². The van der Waals surface area contributed by atoms with Crippen LogP contribution in [0.3, 0.4) is 0 Å². The molecule has 0 spiro atoms. The number of hydrogen-bond acceptors (Lipinski definition) is 4. The van der Waals surface area contributed by atoms with E-state index in [0.717, 1.165) is 39.8 Å². The Morgan fingerprint density at radius 2 is 1.91 bits per heavy atom. The van der Waals surface area contributed by atoms with Gasteiger partial charge in [0, 0.05) is 43.4 Å². The van der Waals surface area contributed by atoms with Crippen molar-refractivity contribution >= 4 is 28.4 Å². The first-order valence-electron chi connectivity index (χ1n) is 11.5. The predicted octanol–water partition coefficient (Wildman–Crippen LogP) is 3.50. The molecule has 7 nitrogen and oxygen atoms in total. The van der Waals surface area contributed by atoms with Gasteiger partial charge in [-0.2, -0.15) is 0 Å². The molecular weight excluding hydrogens is 426 g/mol. The topological polar surface area (TPSA) is 70.5 Å². The van der Waals surface area contributed by atoms with Crippen molar-refractivity contribution in [3.63, 3.8) is 0 Å². The van der Waals surface area contributed by atoms with E-state index in [0.29, 0.717) is 13.1 Å². The number of pyridine rings is 1. The van der Waals surface area contributed by atoms with Crippen molar-refractivity contribution in [2.75, 3.05) is 18.5 Å². The molecule has 0 saturated carbocycles. The number of amides is 2. The molecule has 2 aliphatic rings. The molecule has 1 atom stereocenters. The normalized spacial score (nSPS) is 16.7. The van der Waals surface area contributed by atoms with Crippen LogP contribution in [-0.2, 0) is 24.3 Å². The Morgan fingerprint density at radius 3 is 2.76 bits per heavy atom. The van der Waals surface area contributed by atoms with E-state index in [1.807, 2.05) is 60.5 Å². The molecule has 0 saturated heterocycles. The third kappa shape index (κ3) is 3.15. The lowest BCUT2D eigenvalue weighted by molar-refractivity contribution is -0.121. The number of carbonyl (C=O) groups excluding carboxylic acids is 2. The fourth-order valence-corrected chi connectivity index (χ4v) is 5.38. The number of nitrogens with one attached hydrogen (secondary N) is 1. The Hall–Kier alpha value is -4.13. The third-order valence-electron chi connectivity index (χ3n) is 6.92. The van der Waals surface area contributed by atoms with Gasteiger partial charge in [-0.05, 0) is 41.8 Å². The zero-order valence-electron chi connectivity index (χ0n) is 18.9. The van der Waals surface area contributed by atoms with Crippen LogP contribution in [0.1, 0.15) is 33.3 Å². The number of para-hydroxylation sites is 2. The van der Waals surface area contributed by atoms with Gasteiger partial charge in [-0.15, -0.1) is 0 Å². The monoisotopic (exact) mass is 451 g/mol. The highest BCUT2D eigenvalue weighted by atomic mass is 16.2. The molecule has 7 heteroatoms. The summed E-state index contributed by atoms with van der Waals surface area (Å²) in [7, 11) is 2.03. The average Bonchev–Trinajstić information content (AvgIpc) is 3.20. The van der Waals surface area contributed by atoms with Crippen molar-refractivity contribution in [1.82, 2.24) is 19.8 Å². The van der Waals surface area contributed by atoms with Gasteiger partial charge in [0.05, 0.1) is 16.9 Å². The minimum Gasteiger partial charge on any atom is -0.350 e. The van der Waals surface area contributed by atoms with Crippen LogP contribution in [0, 0.1) is 0 Å². The van der Waals surface area contributed by atoms with Gasteiger partial charge in [0.15, 0.2) is 0 Å². The van der Waals surface area contributed by atoms with Crippen molar-refractivity contribution in [2.24, 2.45) is 0 Å². The quantitative estimate of drug-likeness (QED) is 0.516. The fraction of sp³-hybridized carbons (Fsp3) is 0.222. The summed E-state index contributed by atoms with van der Waals surface area (Å²) in [5.74, 6) is -0.0306. The maximum absolute atomic E-state index is 13.4. The summed E-state index contributed by atoms with van der Waals surface area (Å²) in [5.41, 5.74) is 5.85. The van der Waals surface area contributed by atoms with Gasteiger partial charge in [-0.25, -0.2) is 0 Å². The number of fused-ring (bicyclic) bond motifs is 6. The van der Waals surface area contributed by atoms with Crippen LogP contribution in [0.2, 0.25) is 0 Å². The predicted molar refractivity (Wildman–Crippen MR) is 130 cm³/mol. The van der Waals surface area contributed by atoms with E-state index in [1.165, 1.54) is 5.56 Å². The van der Waals surface area contributed by atoms with E-state index in [9.17, 15) is 9.59 Å². The summed E-state index contributed by atoms with van der Waals surface area (Å²) < 4.78 is 2.10. The molecule has 2 aliphatic heterocycles. The Labute approximate surface area is 197 Å². The average molecular weight is 452 g/mol. The zero-order chi connectivity index (χ0) is 23.2. The van der Waals surface area contributed by atoms with Gasteiger partial charge >= 0.3 is 0 Å². The summed E-state index contributed by atoms with van der Waals surface area (Å²) in [6.07, 6.45) is 3.98. The number of aromatic nitrogens is 2. The lowest BCUT2D eigenvalue weighted by Crippen LogP contribution is -2.51. The van der Waals surface area contributed by atoms with Crippen molar-refractivity contribution in [1.29, 1.82) is 0 Å². The molecule has 4 aromatic rings. The second kappa shape index (κ2) is 8.02. The van der Waals surface area contributed by atoms with Gasteiger partial charge in [0.2, 0.25) is 5.91 Å². The van der Waals surface area contributed by atoms with Crippen LogP contribution in [0.4, 0.5) is 5.69 Å². The van der Waals surface area contributed by atoms with E-state index in [4.69, 9.17) is 0 Å². The molecule has 1 unspecified atom stereocenters. The molecule has 0 fully saturated rings. The van der Waals surface area contributed by atoms with E-state index >= 15 is 0 Å². The number of benzene rings is 2. The Balaban J connectivity index is 1.41. The van der Waals surface area contributed by atoms with Crippen LogP contribution >= 0.6 is 0 Å². The minimum absolute atomic E-state index is 0.0437. The largest absolute Gasteiger partial charge is 0.350 e. The first-order chi connectivity index (χ1) is 16.6. The summed E-state index contributed by atoms with van der Waals surface area (Å²) in [6, 6.07) is 19.8. The van der Waals surface area contributed by atoms with E-state index < -0.39 is 0 Å². The highest BCUT2D eigenvalue weighted by molar-refractivity contribution is 6.02. The fourth-order valence-electron chi connectivity index (χ4n) is 5.38. The van der Waals surface area contributed by atoms with Crippen LogP contribution in [0.15, 0.2) is 73.1 Å². The molecule has 6 rings (SSSR count). The Bertz CT molecular complexity index is 1410. The standard InChI is InChI=1S/C27H25N5O2/c1-30-22-10-4-3-9-21(22)27(34)31-14-12-20-19-8-2-5-11-23(19)32(25(20)26(30)31)17-24(33)29-16-18-7-6-13-28-15-18/h2-11,13,15,26H,12,14,16-17H2,1H3,(H,29,33). The number of anilines is 1. The molecule has 2 aromatic heterocycles. The van der Waals surface area contributed by atoms with Crippen molar-refractivity contribution < 1.29 is 9.59 Å². The Kier molecular flexibility index (Phi) is 4.83. The third-order valence-corrected chi connectivity index (χ3v) is 6.92. The summed E-state index contributed by atoms with van der Waals surface area (Å²) in [4.78, 5) is 34.7. The second-order valence-electron chi connectivity index (χ2n) is 8.86. The molecule has 170 valence electrons. The van der Waals surface area contributed by atoms with E-state index in [2.05, 4.69) is 31.9 Å². The smallest absolute Gasteiger partial charge is 0.257 e. The van der Waals surface area contributed by atoms with Crippen LogP contribution in [0.5, 0.6) is 0 Å². The first kappa shape index (κ1) is 20.5. The maximum atomic E-state index is 13.4. The van der Waals surface area contributed by atoms with Crippen LogP contribution in [0.25, 0.3) is 10.9 Å². The van der Waals surface area contributed by atoms with Crippen LogP contribution < -0.4 is 10.2 Å². The van der Waals surface area contributed by atoms with Gasteiger partial charge in [0.25, 0.3) is 5.91 Å². The molecule has 2 amide bonds. The first-order valence-corrected chi connectivity index (χ1v) is 11.5. The molecule has 2 aromatic carbocycles. The molecule has 4 heterocycles.